The normalized spacial score (nSPS) is 12.4. The van der Waals surface area contributed by atoms with Crippen molar-refractivity contribution in [3.63, 3.8) is 0 Å². The zero-order valence-corrected chi connectivity index (χ0v) is 12.8. The van der Waals surface area contributed by atoms with Gasteiger partial charge in [-0.25, -0.2) is 4.39 Å². The lowest BCUT2D eigenvalue weighted by Crippen LogP contribution is -2.34. The fourth-order valence-electron chi connectivity index (χ4n) is 2.08. The average molecular weight is 332 g/mol. The summed E-state index contributed by atoms with van der Waals surface area (Å²) < 4.78 is 24.4. The molecule has 0 saturated carbocycles. The van der Waals surface area contributed by atoms with Crippen LogP contribution in [0.25, 0.3) is 0 Å². The number of rotatable bonds is 2. The van der Waals surface area contributed by atoms with Crippen LogP contribution in [0.2, 0.25) is 0 Å². The van der Waals surface area contributed by atoms with E-state index in [1.54, 1.807) is 30.3 Å². The molecular weight excluding hydrogens is 319 g/mol. The van der Waals surface area contributed by atoms with E-state index in [0.29, 0.717) is 30.3 Å². The number of fused-ring (bicyclic) bond motifs is 1. The number of nitrogens with one attached hydrogen (secondary N) is 2. The summed E-state index contributed by atoms with van der Waals surface area (Å²) in [5.74, 6) is 0.232. The monoisotopic (exact) mass is 332 g/mol. The third-order valence-corrected chi connectivity index (χ3v) is 3.36. The second-order valence-corrected chi connectivity index (χ2v) is 5.15. The van der Waals surface area contributed by atoms with Gasteiger partial charge in [0.2, 0.25) is 0 Å². The van der Waals surface area contributed by atoms with E-state index in [1.165, 1.54) is 12.1 Å². The number of benzene rings is 2. The van der Waals surface area contributed by atoms with Crippen molar-refractivity contribution in [1.29, 1.82) is 0 Å². The van der Waals surface area contributed by atoms with Gasteiger partial charge in [0.05, 0.1) is 5.69 Å². The topological polar surface area (TPSA) is 59.6 Å². The molecule has 0 bridgehead atoms. The Morgan fingerprint density at radius 2 is 1.83 bits per heavy atom. The molecule has 2 N–H and O–H groups in total. The molecule has 1 aliphatic rings. The van der Waals surface area contributed by atoms with E-state index >= 15 is 0 Å². The summed E-state index contributed by atoms with van der Waals surface area (Å²) in [6.45, 7) is 0.917. The molecule has 0 spiro atoms. The third kappa shape index (κ3) is 3.57. The van der Waals surface area contributed by atoms with Gasteiger partial charge in [-0.15, -0.1) is 0 Å². The van der Waals surface area contributed by atoms with Crippen molar-refractivity contribution in [2.24, 2.45) is 0 Å². The third-order valence-electron chi connectivity index (χ3n) is 3.15. The van der Waals surface area contributed by atoms with Crippen molar-refractivity contribution in [1.82, 2.24) is 5.32 Å². The van der Waals surface area contributed by atoms with Crippen molar-refractivity contribution in [2.75, 3.05) is 18.5 Å². The minimum Gasteiger partial charge on any atom is -0.486 e. The van der Waals surface area contributed by atoms with E-state index in [4.69, 9.17) is 21.7 Å². The predicted molar refractivity (Wildman–Crippen MR) is 87.5 cm³/mol. The lowest BCUT2D eigenvalue weighted by atomic mass is 10.2. The molecule has 2 aromatic rings. The van der Waals surface area contributed by atoms with E-state index in [9.17, 15) is 9.18 Å². The molecule has 7 heteroatoms. The second-order valence-electron chi connectivity index (χ2n) is 4.75. The van der Waals surface area contributed by atoms with Gasteiger partial charge in [0, 0.05) is 5.56 Å². The molecule has 3 rings (SSSR count). The van der Waals surface area contributed by atoms with E-state index in [0.717, 1.165) is 0 Å². The largest absolute Gasteiger partial charge is 0.486 e. The standard InChI is InChI=1S/C16H13FN2O3S/c17-11-3-1-2-4-12(11)18-16(23)19-15(20)10-5-6-13-14(9-10)22-8-7-21-13/h1-6,9H,7-8H2,(H2,18,19,20,23). The number of para-hydroxylation sites is 1. The minimum absolute atomic E-state index is 0.00925. The molecule has 2 aromatic carbocycles. The highest BCUT2D eigenvalue weighted by Gasteiger charge is 2.16. The molecule has 5 nitrogen and oxygen atoms in total. The maximum atomic E-state index is 13.5. The number of anilines is 1. The summed E-state index contributed by atoms with van der Waals surface area (Å²) in [7, 11) is 0. The van der Waals surface area contributed by atoms with E-state index in [2.05, 4.69) is 10.6 Å². The summed E-state index contributed by atoms with van der Waals surface area (Å²) in [4.78, 5) is 12.2. The molecule has 0 radical (unpaired) electrons. The summed E-state index contributed by atoms with van der Waals surface area (Å²) in [6.07, 6.45) is 0. The molecule has 118 valence electrons. The van der Waals surface area contributed by atoms with Crippen LogP contribution >= 0.6 is 12.2 Å². The first-order valence-corrected chi connectivity index (χ1v) is 7.31. The number of ether oxygens (including phenoxy) is 2. The van der Waals surface area contributed by atoms with Crippen LogP contribution < -0.4 is 20.1 Å². The van der Waals surface area contributed by atoms with E-state index in [1.807, 2.05) is 0 Å². The quantitative estimate of drug-likeness (QED) is 0.828. The number of hydrogen-bond donors (Lipinski definition) is 2. The van der Waals surface area contributed by atoms with Crippen LogP contribution in [-0.4, -0.2) is 24.2 Å². The van der Waals surface area contributed by atoms with Crippen LogP contribution in [0.4, 0.5) is 10.1 Å². The van der Waals surface area contributed by atoms with Crippen LogP contribution in [0.5, 0.6) is 11.5 Å². The van der Waals surface area contributed by atoms with Crippen LogP contribution in [-0.2, 0) is 0 Å². The maximum absolute atomic E-state index is 13.5. The van der Waals surface area contributed by atoms with Gasteiger partial charge in [-0.05, 0) is 42.5 Å². The Morgan fingerprint density at radius 3 is 2.61 bits per heavy atom. The van der Waals surface area contributed by atoms with Crippen molar-refractivity contribution in [3.05, 3.63) is 53.8 Å². The van der Waals surface area contributed by atoms with Gasteiger partial charge in [0.15, 0.2) is 16.6 Å². The fraction of sp³-hybridized carbons (Fsp3) is 0.125. The van der Waals surface area contributed by atoms with Gasteiger partial charge in [-0.3, -0.25) is 10.1 Å². The summed E-state index contributed by atoms with van der Waals surface area (Å²) in [6, 6.07) is 10.9. The summed E-state index contributed by atoms with van der Waals surface area (Å²) >= 11 is 5.03. The number of thiocarbonyl (C=S) groups is 1. The molecule has 1 aliphatic heterocycles. The van der Waals surface area contributed by atoms with Crippen LogP contribution in [0.1, 0.15) is 10.4 Å². The number of carbonyl (C=O) groups excluding carboxylic acids is 1. The Kier molecular flexibility index (Phi) is 4.38. The lowest BCUT2D eigenvalue weighted by Gasteiger charge is -2.18. The molecule has 0 atom stereocenters. The molecule has 1 amide bonds. The highest BCUT2D eigenvalue weighted by Crippen LogP contribution is 2.30. The second kappa shape index (κ2) is 6.62. The first kappa shape index (κ1) is 15.2. The summed E-state index contributed by atoms with van der Waals surface area (Å²) in [5.41, 5.74) is 0.562. The van der Waals surface area contributed by atoms with Crippen LogP contribution in [0, 0.1) is 5.82 Å². The van der Waals surface area contributed by atoms with E-state index < -0.39 is 11.7 Å². The van der Waals surface area contributed by atoms with E-state index in [-0.39, 0.29) is 10.8 Å². The first-order valence-electron chi connectivity index (χ1n) is 6.90. The van der Waals surface area contributed by atoms with Gasteiger partial charge < -0.3 is 14.8 Å². The first-order chi connectivity index (χ1) is 11.1. The Bertz CT molecular complexity index is 767. The lowest BCUT2D eigenvalue weighted by molar-refractivity contribution is 0.0976. The predicted octanol–water partition coefficient (Wildman–Crippen LogP) is 2.72. The SMILES string of the molecule is O=C(NC(=S)Nc1ccccc1F)c1ccc2c(c1)OCCO2. The molecule has 0 saturated heterocycles. The fourth-order valence-corrected chi connectivity index (χ4v) is 2.28. The van der Waals surface area contributed by atoms with Crippen molar-refractivity contribution < 1.29 is 18.7 Å². The van der Waals surface area contributed by atoms with Crippen molar-refractivity contribution in [2.45, 2.75) is 0 Å². The maximum Gasteiger partial charge on any atom is 0.257 e. The molecule has 0 aliphatic carbocycles. The van der Waals surface area contributed by atoms with Gasteiger partial charge in [-0.1, -0.05) is 12.1 Å². The molecule has 0 aromatic heterocycles. The Balaban J connectivity index is 1.67. The van der Waals surface area contributed by atoms with Gasteiger partial charge >= 0.3 is 0 Å². The number of hydrogen-bond acceptors (Lipinski definition) is 4. The van der Waals surface area contributed by atoms with Gasteiger partial charge in [0.1, 0.15) is 19.0 Å². The molecule has 1 heterocycles. The Labute approximate surface area is 137 Å². The summed E-state index contributed by atoms with van der Waals surface area (Å²) in [5, 5.41) is 5.15. The number of amides is 1. The molecule has 0 fully saturated rings. The smallest absolute Gasteiger partial charge is 0.257 e. The Morgan fingerprint density at radius 1 is 1.09 bits per heavy atom. The highest BCUT2D eigenvalue weighted by molar-refractivity contribution is 7.80. The van der Waals surface area contributed by atoms with Gasteiger partial charge in [-0.2, -0.15) is 0 Å². The van der Waals surface area contributed by atoms with Crippen molar-refractivity contribution >= 4 is 28.9 Å². The minimum atomic E-state index is -0.455. The zero-order chi connectivity index (χ0) is 16.2. The molecular formula is C16H13FN2O3S. The highest BCUT2D eigenvalue weighted by atomic mass is 32.1. The number of carbonyl (C=O) groups is 1. The number of halogens is 1. The van der Waals surface area contributed by atoms with Crippen LogP contribution in [0.3, 0.4) is 0 Å². The molecule has 0 unspecified atom stereocenters. The molecule has 23 heavy (non-hydrogen) atoms. The van der Waals surface area contributed by atoms with Crippen molar-refractivity contribution in [3.8, 4) is 11.5 Å². The van der Waals surface area contributed by atoms with Gasteiger partial charge in [0.25, 0.3) is 5.91 Å². The zero-order valence-electron chi connectivity index (χ0n) is 12.0. The average Bonchev–Trinajstić information content (AvgIpc) is 2.56. The Hall–Kier alpha value is -2.67. The van der Waals surface area contributed by atoms with Crippen LogP contribution in [0.15, 0.2) is 42.5 Å².